The quantitative estimate of drug-likeness (QED) is 0.160. The van der Waals surface area contributed by atoms with Crippen molar-refractivity contribution in [3.63, 3.8) is 0 Å². The van der Waals surface area contributed by atoms with E-state index in [1.807, 2.05) is 26.8 Å². The summed E-state index contributed by atoms with van der Waals surface area (Å²) in [5.41, 5.74) is -0.116. The first kappa shape index (κ1) is 47.9. The predicted molar refractivity (Wildman–Crippen MR) is 222 cm³/mol. The van der Waals surface area contributed by atoms with Gasteiger partial charge in [0.2, 0.25) is 0 Å². The summed E-state index contributed by atoms with van der Waals surface area (Å²) in [6, 6.07) is 0. The van der Waals surface area contributed by atoms with Gasteiger partial charge in [-0.15, -0.1) is 0 Å². The Balaban J connectivity index is 1.22. The number of aliphatic hydroxyl groups is 2. The van der Waals surface area contributed by atoms with Crippen LogP contribution in [0.3, 0.4) is 0 Å². The zero-order valence-electron chi connectivity index (χ0n) is 38.5. The van der Waals surface area contributed by atoms with Gasteiger partial charge in [-0.05, 0) is 77.2 Å². The van der Waals surface area contributed by atoms with Crippen LogP contribution in [0.25, 0.3) is 0 Å². The maximum atomic E-state index is 13.5. The molecule has 0 bridgehead atoms. The number of hydrogen-bond donors (Lipinski definition) is 3. The Bertz CT molecular complexity index is 1540. The highest BCUT2D eigenvalue weighted by atomic mass is 16.8. The molecule has 6 aliphatic heterocycles. The van der Waals surface area contributed by atoms with Crippen molar-refractivity contribution in [3.05, 3.63) is 11.6 Å². The summed E-state index contributed by atoms with van der Waals surface area (Å²) in [6.07, 6.45) is 6.69. The van der Waals surface area contributed by atoms with Gasteiger partial charge >= 0.3 is 5.97 Å². The van der Waals surface area contributed by atoms with E-state index in [2.05, 4.69) is 41.5 Å². The second-order valence-electron chi connectivity index (χ2n) is 20.5. The zero-order valence-corrected chi connectivity index (χ0v) is 38.5. The van der Waals surface area contributed by atoms with Crippen molar-refractivity contribution in [2.75, 3.05) is 13.7 Å². The van der Waals surface area contributed by atoms with Gasteiger partial charge in [0, 0.05) is 61.9 Å². The highest BCUT2D eigenvalue weighted by Crippen LogP contribution is 2.57. The number of hydrogen-bond acceptors (Lipinski definition) is 12. The van der Waals surface area contributed by atoms with Gasteiger partial charge in [0.05, 0.1) is 60.9 Å². The Hall–Kier alpha value is -1.52. The third-order valence-electron chi connectivity index (χ3n) is 15.9. The van der Waals surface area contributed by atoms with Crippen LogP contribution in [0.1, 0.15) is 140 Å². The molecule has 20 atom stereocenters. The molecule has 344 valence electrons. The average molecular weight is 851 g/mol. The van der Waals surface area contributed by atoms with Crippen LogP contribution in [-0.4, -0.2) is 113 Å². The van der Waals surface area contributed by atoms with E-state index in [0.717, 1.165) is 25.7 Å². The van der Waals surface area contributed by atoms with Crippen molar-refractivity contribution in [2.45, 2.75) is 212 Å². The van der Waals surface area contributed by atoms with Crippen molar-refractivity contribution in [1.29, 1.82) is 0 Å². The van der Waals surface area contributed by atoms with Crippen LogP contribution in [0.4, 0.5) is 0 Å². The average Bonchev–Trinajstić information content (AvgIpc) is 3.72. The maximum Gasteiger partial charge on any atom is 0.306 e. The van der Waals surface area contributed by atoms with Crippen LogP contribution in [0.15, 0.2) is 11.6 Å². The van der Waals surface area contributed by atoms with E-state index in [-0.39, 0.29) is 90.4 Å². The number of carboxylic acid groups (broad SMARTS) is 1. The molecule has 13 nitrogen and oxygen atoms in total. The van der Waals surface area contributed by atoms with Crippen LogP contribution in [0.5, 0.6) is 0 Å². The van der Waals surface area contributed by atoms with E-state index in [9.17, 15) is 24.9 Å². The summed E-state index contributed by atoms with van der Waals surface area (Å²) >= 11 is 0. The van der Waals surface area contributed by atoms with E-state index < -0.39 is 53.7 Å². The van der Waals surface area contributed by atoms with Crippen molar-refractivity contribution in [1.82, 2.24) is 0 Å². The number of aliphatic carboxylic acids is 1. The Morgan fingerprint density at radius 1 is 0.850 bits per heavy atom. The van der Waals surface area contributed by atoms with E-state index in [4.69, 9.17) is 37.9 Å². The van der Waals surface area contributed by atoms with Gasteiger partial charge in [-0.3, -0.25) is 9.59 Å². The molecule has 0 aromatic heterocycles. The van der Waals surface area contributed by atoms with Crippen molar-refractivity contribution >= 4 is 11.8 Å². The fourth-order valence-corrected chi connectivity index (χ4v) is 11.7. The molecule has 60 heavy (non-hydrogen) atoms. The van der Waals surface area contributed by atoms with Gasteiger partial charge in [-0.1, -0.05) is 61.5 Å². The van der Waals surface area contributed by atoms with E-state index in [1.54, 1.807) is 21.0 Å². The third-order valence-corrected chi connectivity index (χ3v) is 15.9. The topological polar surface area (TPSA) is 169 Å². The summed E-state index contributed by atoms with van der Waals surface area (Å²) in [7, 11) is 1.71. The number of Topliss-reactive ketones (excluding diaryl/α,β-unsaturated/α-hetero) is 1. The molecule has 0 radical (unpaired) electrons. The summed E-state index contributed by atoms with van der Waals surface area (Å²) in [5, 5.41) is 30.7. The van der Waals surface area contributed by atoms with E-state index in [0.29, 0.717) is 37.7 Å². The van der Waals surface area contributed by atoms with Crippen LogP contribution < -0.4 is 0 Å². The number of aliphatic hydroxyl groups excluding tert-OH is 1. The molecule has 0 amide bonds. The van der Waals surface area contributed by atoms with Crippen LogP contribution >= 0.6 is 0 Å². The molecule has 2 spiro atoms. The van der Waals surface area contributed by atoms with Gasteiger partial charge < -0.3 is 53.2 Å². The molecular weight excluding hydrogens is 773 g/mol. The Kier molecular flexibility index (Phi) is 14.8. The highest BCUT2D eigenvalue weighted by molar-refractivity contribution is 5.96. The number of carboxylic acids is 1. The van der Waals surface area contributed by atoms with E-state index >= 15 is 0 Å². The molecule has 6 aliphatic rings. The van der Waals surface area contributed by atoms with Gasteiger partial charge in [0.1, 0.15) is 0 Å². The standard InChI is InChI=1S/C47H78O13/c1-25(19-26(2)41(49)27(3)20-29(5)43(50)51)36-23-37(55-40-16-14-35(53-12)34(10)54-40)33(9)46(56-36)18-17-44(11,60-46)39-15-13-30(6)47(58-39)32(8)22-38(57-47)42-28(4)21-31(7)45(52,24-48)59-42/h19,25,27-40,42,48,52H,13-18,20-24H2,1-12H3,(H,50,51)/b26-19+/t25-,27+,28-,29-,30?,31-,32-,33+,34+,35-,36-,37+,38+,39+,40-,42-,44-,45-,46+,47?/m0/s1. The smallest absolute Gasteiger partial charge is 0.306 e. The molecule has 6 fully saturated rings. The van der Waals surface area contributed by atoms with E-state index in [1.165, 1.54) is 0 Å². The van der Waals surface area contributed by atoms with Gasteiger partial charge in [0.25, 0.3) is 0 Å². The molecule has 0 aliphatic carbocycles. The number of carbonyl (C=O) groups is 2. The summed E-state index contributed by atoms with van der Waals surface area (Å²) in [6.45, 7) is 21.6. The van der Waals surface area contributed by atoms with Crippen molar-refractivity contribution in [3.8, 4) is 0 Å². The Morgan fingerprint density at radius 2 is 1.57 bits per heavy atom. The molecular formula is C47H78O13. The number of allylic oxidation sites excluding steroid dienone is 1. The first-order valence-corrected chi connectivity index (χ1v) is 23.1. The third kappa shape index (κ3) is 9.33. The minimum absolute atomic E-state index is 0.0101. The highest BCUT2D eigenvalue weighted by Gasteiger charge is 2.64. The summed E-state index contributed by atoms with van der Waals surface area (Å²) in [4.78, 5) is 25.0. The van der Waals surface area contributed by atoms with Gasteiger partial charge in [-0.25, -0.2) is 0 Å². The molecule has 3 N–H and O–H groups in total. The lowest BCUT2D eigenvalue weighted by molar-refractivity contribution is -0.382. The van der Waals surface area contributed by atoms with Crippen molar-refractivity contribution in [2.24, 2.45) is 47.3 Å². The molecule has 6 heterocycles. The second kappa shape index (κ2) is 18.5. The summed E-state index contributed by atoms with van der Waals surface area (Å²) in [5.74, 6) is -5.73. The lowest BCUT2D eigenvalue weighted by Gasteiger charge is -2.52. The monoisotopic (exact) mass is 851 g/mol. The van der Waals surface area contributed by atoms with Crippen LogP contribution in [-0.2, 0) is 47.5 Å². The predicted octanol–water partition coefficient (Wildman–Crippen LogP) is 7.18. The first-order valence-electron chi connectivity index (χ1n) is 23.1. The number of ketones is 1. The normalized spacial score (nSPS) is 48.0. The molecule has 0 aromatic carbocycles. The molecule has 13 heteroatoms. The molecule has 2 unspecified atom stereocenters. The van der Waals surface area contributed by atoms with Crippen molar-refractivity contribution < 1.29 is 62.8 Å². The SMILES string of the molecule is CO[C@H]1CC[C@H](O[C@@H]2C[C@@H]([C@@H](C)/C=C(\C)C(=O)[C@H](C)C[C@H](C)C(=O)O)O[C@@]3(CC[C@@](C)([C@H]4CCC(C)C5(O[C@@H]([C@H]6O[C@@](O)(CO)[C@@H](C)C[C@@H]6C)C[C@@H]5C)O4)O3)[C@@H]2C)O[C@@H]1C. The second-order valence-corrected chi connectivity index (χ2v) is 20.5. The van der Waals surface area contributed by atoms with Crippen LogP contribution in [0.2, 0.25) is 0 Å². The molecule has 0 saturated carbocycles. The number of ether oxygens (including phenoxy) is 8. The van der Waals surface area contributed by atoms with Crippen LogP contribution in [0, 0.1) is 47.3 Å². The fraction of sp³-hybridized carbons (Fsp3) is 0.915. The van der Waals surface area contributed by atoms with Gasteiger partial charge in [-0.2, -0.15) is 0 Å². The lowest BCUT2D eigenvalue weighted by atomic mass is 9.78. The number of rotatable bonds is 13. The zero-order chi connectivity index (χ0) is 44.1. The molecule has 6 saturated heterocycles. The number of methoxy groups -OCH3 is 1. The molecule has 0 aromatic rings. The lowest BCUT2D eigenvalue weighted by Crippen LogP contribution is -2.60. The summed E-state index contributed by atoms with van der Waals surface area (Å²) < 4.78 is 54.0. The van der Waals surface area contributed by atoms with Gasteiger partial charge in [0.15, 0.2) is 29.4 Å². The Morgan fingerprint density at radius 3 is 2.22 bits per heavy atom. The maximum absolute atomic E-state index is 13.5. The Labute approximate surface area is 358 Å². The first-order chi connectivity index (χ1) is 28.1. The fourth-order valence-electron chi connectivity index (χ4n) is 11.7. The minimum Gasteiger partial charge on any atom is -0.481 e. The number of carbonyl (C=O) groups excluding carboxylic acids is 1. The minimum atomic E-state index is -1.61. The molecule has 6 rings (SSSR count). The largest absolute Gasteiger partial charge is 0.481 e.